The van der Waals surface area contributed by atoms with Gasteiger partial charge < -0.3 is 14.6 Å². The van der Waals surface area contributed by atoms with Gasteiger partial charge in [-0.25, -0.2) is 4.79 Å². The summed E-state index contributed by atoms with van der Waals surface area (Å²) in [6.07, 6.45) is 1.60. The molecule has 0 radical (unpaired) electrons. The van der Waals surface area contributed by atoms with E-state index < -0.39 is 12.1 Å². The summed E-state index contributed by atoms with van der Waals surface area (Å²) >= 11 is 0. The van der Waals surface area contributed by atoms with Crippen LogP contribution in [0.2, 0.25) is 0 Å². The summed E-state index contributed by atoms with van der Waals surface area (Å²) in [5.41, 5.74) is 0.335. The van der Waals surface area contributed by atoms with E-state index in [0.717, 1.165) is 0 Å². The zero-order chi connectivity index (χ0) is 14.3. The van der Waals surface area contributed by atoms with Crippen LogP contribution >= 0.6 is 0 Å². The summed E-state index contributed by atoms with van der Waals surface area (Å²) in [6.45, 7) is 6.28. The van der Waals surface area contributed by atoms with Crippen molar-refractivity contribution in [3.8, 4) is 0 Å². The molecule has 1 aliphatic heterocycles. The molecule has 0 spiro atoms. The van der Waals surface area contributed by atoms with Gasteiger partial charge in [0.1, 0.15) is 12.7 Å². The van der Waals surface area contributed by atoms with Crippen LogP contribution in [-0.2, 0) is 24.0 Å². The number of rotatable bonds is 9. The third-order valence-electron chi connectivity index (χ3n) is 2.32. The Labute approximate surface area is 113 Å². The Morgan fingerprint density at radius 1 is 1.47 bits per heavy atom. The van der Waals surface area contributed by atoms with Crippen molar-refractivity contribution in [1.82, 2.24) is 0 Å². The summed E-state index contributed by atoms with van der Waals surface area (Å²) in [6, 6.07) is 0. The van der Waals surface area contributed by atoms with Gasteiger partial charge in [-0.3, -0.25) is 4.89 Å². The molecule has 2 atom stereocenters. The molecule has 1 aliphatic rings. The predicted molar refractivity (Wildman–Crippen MR) is 67.0 cm³/mol. The quantitative estimate of drug-likeness (QED) is 0.225. The van der Waals surface area contributed by atoms with Gasteiger partial charge in [-0.1, -0.05) is 0 Å². The average molecular weight is 274 g/mol. The minimum atomic E-state index is -0.592. The van der Waals surface area contributed by atoms with Crippen molar-refractivity contribution in [3.05, 3.63) is 11.8 Å². The Morgan fingerprint density at radius 3 is 2.68 bits per heavy atom. The molecule has 6 nitrogen and oxygen atoms in total. The first kappa shape index (κ1) is 15.9. The Hall–Kier alpha value is -1.11. The first-order chi connectivity index (χ1) is 8.99. The first-order valence-electron chi connectivity index (χ1n) is 6.47. The summed E-state index contributed by atoms with van der Waals surface area (Å²) in [5.74, 6) is -0.592. The zero-order valence-corrected chi connectivity index (χ0v) is 11.6. The van der Waals surface area contributed by atoms with E-state index in [2.05, 4.69) is 4.89 Å². The molecule has 0 bridgehead atoms. The van der Waals surface area contributed by atoms with Crippen molar-refractivity contribution in [2.24, 2.45) is 0 Å². The largest absolute Gasteiger partial charge is 0.498 e. The molecule has 0 amide bonds. The minimum Gasteiger partial charge on any atom is -0.498 e. The fourth-order valence-corrected chi connectivity index (χ4v) is 1.19. The molecule has 110 valence electrons. The molecular formula is C13H22O6. The second kappa shape index (κ2) is 8.14. The second-order valence-electron chi connectivity index (χ2n) is 4.84. The maximum absolute atomic E-state index is 11.7. The van der Waals surface area contributed by atoms with Crippen molar-refractivity contribution in [2.75, 3.05) is 13.2 Å². The Bertz CT molecular complexity index is 306. The van der Waals surface area contributed by atoms with Crippen LogP contribution < -0.4 is 0 Å². The van der Waals surface area contributed by atoms with E-state index in [1.165, 1.54) is 6.26 Å². The number of hydrogen-bond donors (Lipinski definition) is 1. The van der Waals surface area contributed by atoms with Gasteiger partial charge in [0.15, 0.2) is 0 Å². The summed E-state index contributed by atoms with van der Waals surface area (Å²) < 4.78 is 10.2. The predicted octanol–water partition coefficient (Wildman–Crippen LogP) is 1.33. The van der Waals surface area contributed by atoms with Crippen LogP contribution in [-0.4, -0.2) is 42.6 Å². The third kappa shape index (κ3) is 7.81. The Morgan fingerprint density at radius 2 is 2.16 bits per heavy atom. The smallest absolute Gasteiger partial charge is 0.372 e. The van der Waals surface area contributed by atoms with Crippen molar-refractivity contribution in [1.29, 1.82) is 0 Å². The average Bonchev–Trinajstić information content (AvgIpc) is 3.14. The monoisotopic (exact) mass is 274 g/mol. The molecule has 19 heavy (non-hydrogen) atoms. The number of aliphatic hydroxyl groups excluding tert-OH is 1. The van der Waals surface area contributed by atoms with Crippen LogP contribution in [0.15, 0.2) is 11.8 Å². The van der Waals surface area contributed by atoms with Gasteiger partial charge in [-0.15, -0.1) is 0 Å². The van der Waals surface area contributed by atoms with Crippen molar-refractivity contribution >= 4 is 5.97 Å². The fourth-order valence-electron chi connectivity index (χ4n) is 1.19. The number of epoxide rings is 1. The highest BCUT2D eigenvalue weighted by atomic mass is 17.2. The molecule has 0 saturated carbocycles. The lowest BCUT2D eigenvalue weighted by Gasteiger charge is -2.10. The molecule has 0 aromatic heterocycles. The Kier molecular flexibility index (Phi) is 6.83. The minimum absolute atomic E-state index is 0.122. The summed E-state index contributed by atoms with van der Waals surface area (Å²) in [7, 11) is 0. The molecular weight excluding hydrogens is 252 g/mol. The van der Waals surface area contributed by atoms with E-state index in [1.807, 2.05) is 0 Å². The van der Waals surface area contributed by atoms with Crippen LogP contribution in [0, 0.1) is 0 Å². The van der Waals surface area contributed by atoms with Gasteiger partial charge in [-0.05, 0) is 33.6 Å². The number of ether oxygens (including phenoxy) is 2. The number of carbonyl (C=O) groups excluding carboxylic acids is 1. The molecule has 0 aliphatic carbocycles. The standard InChI is InChI=1S/C13H22O6/c1-9(2)18-19-13(15)11(5-4-10(3)14)6-16-7-12-8-17-12/h6,9-10,12,14H,4-5,7-8H2,1-3H3. The van der Waals surface area contributed by atoms with Crippen molar-refractivity contribution < 1.29 is 29.1 Å². The van der Waals surface area contributed by atoms with Crippen LogP contribution in [0.4, 0.5) is 0 Å². The van der Waals surface area contributed by atoms with E-state index >= 15 is 0 Å². The lowest BCUT2D eigenvalue weighted by Crippen LogP contribution is -2.14. The lowest BCUT2D eigenvalue weighted by molar-refractivity contribution is -0.288. The molecule has 2 unspecified atom stereocenters. The number of carbonyl (C=O) groups is 1. The lowest BCUT2D eigenvalue weighted by atomic mass is 10.1. The van der Waals surface area contributed by atoms with E-state index in [-0.39, 0.29) is 12.2 Å². The maximum atomic E-state index is 11.7. The number of hydrogen-bond acceptors (Lipinski definition) is 6. The van der Waals surface area contributed by atoms with Gasteiger partial charge in [0.25, 0.3) is 0 Å². The van der Waals surface area contributed by atoms with E-state index in [1.54, 1.807) is 20.8 Å². The molecule has 1 heterocycles. The SMILES string of the molecule is CC(O)CCC(=COCC1CO1)C(=O)OOC(C)C. The van der Waals surface area contributed by atoms with E-state index in [9.17, 15) is 9.90 Å². The van der Waals surface area contributed by atoms with E-state index in [0.29, 0.717) is 31.6 Å². The topological polar surface area (TPSA) is 77.5 Å². The van der Waals surface area contributed by atoms with Gasteiger partial charge in [0, 0.05) is 0 Å². The highest BCUT2D eigenvalue weighted by molar-refractivity contribution is 5.87. The fraction of sp³-hybridized carbons (Fsp3) is 0.769. The first-order valence-corrected chi connectivity index (χ1v) is 6.47. The van der Waals surface area contributed by atoms with Crippen LogP contribution in [0.3, 0.4) is 0 Å². The Balaban J connectivity index is 2.42. The van der Waals surface area contributed by atoms with E-state index in [4.69, 9.17) is 14.4 Å². The number of aliphatic hydroxyl groups is 1. The molecule has 0 aromatic carbocycles. The maximum Gasteiger partial charge on any atom is 0.372 e. The van der Waals surface area contributed by atoms with Crippen LogP contribution in [0.25, 0.3) is 0 Å². The summed E-state index contributed by atoms with van der Waals surface area (Å²) in [4.78, 5) is 21.2. The van der Waals surface area contributed by atoms with Gasteiger partial charge in [0.2, 0.25) is 0 Å². The van der Waals surface area contributed by atoms with Crippen LogP contribution in [0.1, 0.15) is 33.6 Å². The normalized spacial score (nSPS) is 20.3. The molecule has 1 N–H and O–H groups in total. The highest BCUT2D eigenvalue weighted by Gasteiger charge is 2.23. The third-order valence-corrected chi connectivity index (χ3v) is 2.32. The summed E-state index contributed by atoms with van der Waals surface area (Å²) in [5, 5.41) is 9.25. The molecule has 0 aromatic rings. The van der Waals surface area contributed by atoms with Crippen LogP contribution in [0.5, 0.6) is 0 Å². The van der Waals surface area contributed by atoms with Gasteiger partial charge in [0.05, 0.1) is 30.6 Å². The van der Waals surface area contributed by atoms with Gasteiger partial charge in [-0.2, -0.15) is 4.89 Å². The van der Waals surface area contributed by atoms with Gasteiger partial charge >= 0.3 is 5.97 Å². The van der Waals surface area contributed by atoms with Crippen molar-refractivity contribution in [3.63, 3.8) is 0 Å². The highest BCUT2D eigenvalue weighted by Crippen LogP contribution is 2.13. The molecule has 1 rings (SSSR count). The van der Waals surface area contributed by atoms with Crippen molar-refractivity contribution in [2.45, 2.75) is 51.9 Å². The second-order valence-corrected chi connectivity index (χ2v) is 4.84. The molecule has 6 heteroatoms. The molecule has 1 saturated heterocycles. The molecule has 1 fully saturated rings. The zero-order valence-electron chi connectivity index (χ0n) is 11.6.